The standard InChI is InChI=1S/C18H21FN2OS/c1-13(18(22)20-17-7-5-4-6-16(17)19)21(2)12-14-8-10-15(23-3)11-9-14/h4-11,13H,12H2,1-3H3,(H,20,22)/t13-/m0/s1. The molecule has 2 rings (SSSR count). The first kappa shape index (κ1) is 17.5. The van der Waals surface area contributed by atoms with Gasteiger partial charge in [-0.2, -0.15) is 0 Å². The Kier molecular flexibility index (Phi) is 6.19. The Balaban J connectivity index is 1.96. The maximum atomic E-state index is 13.6. The maximum absolute atomic E-state index is 13.6. The number of benzene rings is 2. The molecular formula is C18H21FN2OS. The van der Waals surface area contributed by atoms with Gasteiger partial charge in [-0.1, -0.05) is 24.3 Å². The number of carbonyl (C=O) groups excluding carboxylic acids is 1. The van der Waals surface area contributed by atoms with Gasteiger partial charge < -0.3 is 5.32 Å². The smallest absolute Gasteiger partial charge is 0.241 e. The third-order valence-electron chi connectivity index (χ3n) is 3.76. The molecule has 23 heavy (non-hydrogen) atoms. The highest BCUT2D eigenvalue weighted by molar-refractivity contribution is 7.98. The maximum Gasteiger partial charge on any atom is 0.241 e. The normalized spacial score (nSPS) is 12.2. The van der Waals surface area contributed by atoms with Gasteiger partial charge in [0, 0.05) is 11.4 Å². The second-order valence-corrected chi connectivity index (χ2v) is 6.29. The summed E-state index contributed by atoms with van der Waals surface area (Å²) < 4.78 is 13.6. The van der Waals surface area contributed by atoms with Crippen LogP contribution in [-0.2, 0) is 11.3 Å². The van der Waals surface area contributed by atoms with Crippen molar-refractivity contribution in [2.45, 2.75) is 24.4 Å². The van der Waals surface area contributed by atoms with Crippen LogP contribution in [-0.4, -0.2) is 30.2 Å². The fourth-order valence-electron chi connectivity index (χ4n) is 2.16. The van der Waals surface area contributed by atoms with Crippen LogP contribution in [0.15, 0.2) is 53.4 Å². The molecule has 5 heteroatoms. The van der Waals surface area contributed by atoms with Crippen LogP contribution in [0.3, 0.4) is 0 Å². The van der Waals surface area contributed by atoms with Gasteiger partial charge in [0.2, 0.25) is 5.91 Å². The van der Waals surface area contributed by atoms with E-state index in [1.165, 1.54) is 11.0 Å². The van der Waals surface area contributed by atoms with E-state index in [-0.39, 0.29) is 17.6 Å². The first-order chi connectivity index (χ1) is 11.0. The van der Waals surface area contributed by atoms with E-state index in [1.807, 2.05) is 25.1 Å². The van der Waals surface area contributed by atoms with Crippen LogP contribution in [0, 0.1) is 5.82 Å². The van der Waals surface area contributed by atoms with Crippen molar-refractivity contribution in [2.75, 3.05) is 18.6 Å². The molecule has 0 saturated heterocycles. The first-order valence-corrected chi connectivity index (χ1v) is 8.62. The molecule has 3 nitrogen and oxygen atoms in total. The second-order valence-electron chi connectivity index (χ2n) is 5.41. The number of carbonyl (C=O) groups is 1. The highest BCUT2D eigenvalue weighted by Gasteiger charge is 2.19. The van der Waals surface area contributed by atoms with E-state index in [4.69, 9.17) is 0 Å². The van der Waals surface area contributed by atoms with Crippen LogP contribution in [0.4, 0.5) is 10.1 Å². The summed E-state index contributed by atoms with van der Waals surface area (Å²) in [6.45, 7) is 2.47. The van der Waals surface area contributed by atoms with Gasteiger partial charge in [-0.05, 0) is 50.1 Å². The summed E-state index contributed by atoms with van der Waals surface area (Å²) in [5.74, 6) is -0.651. The minimum absolute atomic E-state index is 0.210. The summed E-state index contributed by atoms with van der Waals surface area (Å²) in [5.41, 5.74) is 1.35. The molecule has 0 unspecified atom stereocenters. The monoisotopic (exact) mass is 332 g/mol. The van der Waals surface area contributed by atoms with Crippen LogP contribution in [0.2, 0.25) is 0 Å². The van der Waals surface area contributed by atoms with Crippen LogP contribution < -0.4 is 5.32 Å². The third-order valence-corrected chi connectivity index (χ3v) is 4.51. The van der Waals surface area contributed by atoms with Gasteiger partial charge in [0.15, 0.2) is 0 Å². The molecule has 0 aromatic heterocycles. The van der Waals surface area contributed by atoms with Crippen molar-refractivity contribution in [3.63, 3.8) is 0 Å². The average Bonchev–Trinajstić information content (AvgIpc) is 2.56. The molecule has 0 fully saturated rings. The molecule has 1 N–H and O–H groups in total. The van der Waals surface area contributed by atoms with E-state index < -0.39 is 5.82 Å². The predicted molar refractivity (Wildman–Crippen MR) is 94.2 cm³/mol. The molecule has 0 heterocycles. The predicted octanol–water partition coefficient (Wildman–Crippen LogP) is 4.01. The van der Waals surface area contributed by atoms with Gasteiger partial charge in [0.1, 0.15) is 5.82 Å². The van der Waals surface area contributed by atoms with Crippen molar-refractivity contribution in [1.82, 2.24) is 4.90 Å². The van der Waals surface area contributed by atoms with E-state index >= 15 is 0 Å². The molecule has 0 radical (unpaired) electrons. The van der Waals surface area contributed by atoms with Gasteiger partial charge in [-0.25, -0.2) is 4.39 Å². The van der Waals surface area contributed by atoms with Crippen molar-refractivity contribution in [3.8, 4) is 0 Å². The van der Waals surface area contributed by atoms with E-state index in [9.17, 15) is 9.18 Å². The summed E-state index contributed by atoms with van der Waals surface area (Å²) in [6.07, 6.45) is 2.04. The zero-order chi connectivity index (χ0) is 16.8. The molecule has 1 amide bonds. The summed E-state index contributed by atoms with van der Waals surface area (Å²) in [4.78, 5) is 15.4. The fourth-order valence-corrected chi connectivity index (χ4v) is 2.56. The number of nitrogens with one attached hydrogen (secondary N) is 1. The summed E-state index contributed by atoms with van der Waals surface area (Å²) >= 11 is 1.70. The lowest BCUT2D eigenvalue weighted by molar-refractivity contribution is -0.120. The lowest BCUT2D eigenvalue weighted by Crippen LogP contribution is -2.39. The van der Waals surface area contributed by atoms with E-state index in [2.05, 4.69) is 29.6 Å². The lowest BCUT2D eigenvalue weighted by atomic mass is 10.2. The van der Waals surface area contributed by atoms with Gasteiger partial charge in [0.05, 0.1) is 11.7 Å². The highest BCUT2D eigenvalue weighted by Crippen LogP contribution is 2.17. The molecule has 0 aliphatic heterocycles. The number of thioether (sulfide) groups is 1. The van der Waals surface area contributed by atoms with E-state index in [0.717, 1.165) is 5.56 Å². The van der Waals surface area contributed by atoms with Crippen LogP contribution in [0.5, 0.6) is 0 Å². The van der Waals surface area contributed by atoms with E-state index in [1.54, 1.807) is 30.0 Å². The zero-order valence-electron chi connectivity index (χ0n) is 13.5. The van der Waals surface area contributed by atoms with Crippen molar-refractivity contribution in [2.24, 2.45) is 0 Å². The van der Waals surface area contributed by atoms with Gasteiger partial charge >= 0.3 is 0 Å². The molecule has 0 saturated carbocycles. The molecular weight excluding hydrogens is 311 g/mol. The molecule has 2 aromatic rings. The molecule has 0 spiro atoms. The SMILES string of the molecule is CSc1ccc(CN(C)[C@@H](C)C(=O)Nc2ccccc2F)cc1. The summed E-state index contributed by atoms with van der Waals surface area (Å²) in [7, 11) is 1.88. The highest BCUT2D eigenvalue weighted by atomic mass is 32.2. The number of para-hydroxylation sites is 1. The van der Waals surface area contributed by atoms with Crippen LogP contribution in [0.25, 0.3) is 0 Å². The van der Waals surface area contributed by atoms with Crippen molar-refractivity contribution in [3.05, 3.63) is 59.9 Å². The zero-order valence-corrected chi connectivity index (χ0v) is 14.4. The Morgan fingerprint density at radius 3 is 2.48 bits per heavy atom. The number of amides is 1. The van der Waals surface area contributed by atoms with Gasteiger partial charge in [0.25, 0.3) is 0 Å². The molecule has 0 aliphatic rings. The average molecular weight is 332 g/mol. The Labute approximate surface area is 140 Å². The molecule has 0 bridgehead atoms. The van der Waals surface area contributed by atoms with Crippen LogP contribution in [0.1, 0.15) is 12.5 Å². The topological polar surface area (TPSA) is 32.3 Å². The van der Waals surface area contributed by atoms with Crippen molar-refractivity contribution < 1.29 is 9.18 Å². The number of likely N-dealkylation sites (N-methyl/N-ethyl adjacent to an activating group) is 1. The minimum atomic E-state index is -0.427. The summed E-state index contributed by atoms with van der Waals surface area (Å²) in [6, 6.07) is 14.1. The Hall–Kier alpha value is -1.85. The molecule has 0 aliphatic carbocycles. The Bertz CT molecular complexity index is 660. The largest absolute Gasteiger partial charge is 0.322 e. The minimum Gasteiger partial charge on any atom is -0.322 e. The molecule has 1 atom stereocenters. The van der Waals surface area contributed by atoms with Gasteiger partial charge in [-0.15, -0.1) is 11.8 Å². The van der Waals surface area contributed by atoms with Crippen molar-refractivity contribution >= 4 is 23.4 Å². The third kappa shape index (κ3) is 4.81. The number of hydrogen-bond donors (Lipinski definition) is 1. The van der Waals surface area contributed by atoms with Crippen LogP contribution >= 0.6 is 11.8 Å². The Morgan fingerprint density at radius 2 is 1.87 bits per heavy atom. The summed E-state index contributed by atoms with van der Waals surface area (Å²) in [5, 5.41) is 2.64. The number of rotatable bonds is 6. The van der Waals surface area contributed by atoms with Crippen molar-refractivity contribution in [1.29, 1.82) is 0 Å². The number of nitrogens with zero attached hydrogens (tertiary/aromatic N) is 1. The lowest BCUT2D eigenvalue weighted by Gasteiger charge is -2.24. The number of halogens is 1. The number of hydrogen-bond acceptors (Lipinski definition) is 3. The van der Waals surface area contributed by atoms with Gasteiger partial charge in [-0.3, -0.25) is 9.69 Å². The van der Waals surface area contributed by atoms with E-state index in [0.29, 0.717) is 6.54 Å². The first-order valence-electron chi connectivity index (χ1n) is 7.40. The molecule has 2 aromatic carbocycles. The Morgan fingerprint density at radius 1 is 1.22 bits per heavy atom. The molecule has 122 valence electrons. The number of anilines is 1. The second kappa shape index (κ2) is 8.13. The quantitative estimate of drug-likeness (QED) is 0.811. The fraction of sp³-hybridized carbons (Fsp3) is 0.278.